The lowest BCUT2D eigenvalue weighted by molar-refractivity contribution is 0.332. The van der Waals surface area contributed by atoms with Crippen LogP contribution in [0.2, 0.25) is 0 Å². The van der Waals surface area contributed by atoms with Gasteiger partial charge in [-0.1, -0.05) is 181 Å². The van der Waals surface area contributed by atoms with E-state index in [0.29, 0.717) is 17.5 Å². The van der Waals surface area contributed by atoms with Crippen molar-refractivity contribution in [1.82, 2.24) is 19.5 Å². The van der Waals surface area contributed by atoms with Crippen LogP contribution in [0.1, 0.15) is 76.6 Å². The number of hydrogen-bond acceptors (Lipinski definition) is 3. The fourth-order valence-electron chi connectivity index (χ4n) is 11.7. The Bertz CT molecular complexity index is 3870. The van der Waals surface area contributed by atoms with Gasteiger partial charge in [-0.3, -0.25) is 0 Å². The average molecular weight is 877 g/mol. The maximum atomic E-state index is 5.36. The second kappa shape index (κ2) is 14.7. The van der Waals surface area contributed by atoms with Crippen molar-refractivity contribution in [1.29, 1.82) is 0 Å². The molecule has 2 aliphatic rings. The smallest absolute Gasteiger partial charge is 0.164 e. The van der Waals surface area contributed by atoms with Crippen LogP contribution in [0.25, 0.3) is 105 Å². The van der Waals surface area contributed by atoms with Crippen molar-refractivity contribution in [2.24, 2.45) is 0 Å². The third-order valence-corrected chi connectivity index (χ3v) is 15.7. The van der Waals surface area contributed by atoms with Crippen LogP contribution < -0.4 is 0 Å². The van der Waals surface area contributed by atoms with Crippen molar-refractivity contribution in [3.8, 4) is 62.1 Å². The Hall–Kier alpha value is -7.69. The van der Waals surface area contributed by atoms with Gasteiger partial charge in [-0.05, 0) is 132 Å². The minimum absolute atomic E-state index is 0.0799. The average Bonchev–Trinajstić information content (AvgIpc) is 3.80. The standard InChI is InChI=1S/C64H52N4/c1-62(2)31-32-63(3,4)56-38-58-52(37-55(56)62)51-34-42-17-10-11-18-43(42)36-57(51)68(58)46-28-30-47-44(33-46)19-14-21-50(47)61-66-59(41-25-23-40(24-26-41)39-15-8-7-9-16-39)65-60(67-61)45-27-29-49-48-20-12-13-22-53(48)64(5,6)54(49)35-45/h7-30,33-38H,31-32H2,1-6H3. The molecule has 2 heterocycles. The van der Waals surface area contributed by atoms with Crippen LogP contribution in [-0.4, -0.2) is 19.5 Å². The maximum absolute atomic E-state index is 5.36. The third kappa shape index (κ3) is 6.23. The minimum Gasteiger partial charge on any atom is -0.309 e. The van der Waals surface area contributed by atoms with Crippen molar-refractivity contribution >= 4 is 43.4 Å². The molecule has 9 aromatic carbocycles. The van der Waals surface area contributed by atoms with Crippen molar-refractivity contribution in [3.05, 3.63) is 204 Å². The summed E-state index contributed by atoms with van der Waals surface area (Å²) < 4.78 is 2.51. The van der Waals surface area contributed by atoms with Crippen molar-refractivity contribution < 1.29 is 0 Å². The van der Waals surface area contributed by atoms with Gasteiger partial charge >= 0.3 is 0 Å². The molecule has 0 saturated carbocycles. The molecule has 0 spiro atoms. The molecule has 4 nitrogen and oxygen atoms in total. The Labute approximate surface area is 398 Å². The second-order valence-electron chi connectivity index (χ2n) is 21.1. The predicted molar refractivity (Wildman–Crippen MR) is 284 cm³/mol. The van der Waals surface area contributed by atoms with Crippen LogP contribution in [-0.2, 0) is 16.2 Å². The number of benzene rings is 9. The van der Waals surface area contributed by atoms with Crippen molar-refractivity contribution in [2.45, 2.75) is 70.6 Å². The van der Waals surface area contributed by atoms with Gasteiger partial charge in [0, 0.05) is 38.6 Å². The summed E-state index contributed by atoms with van der Waals surface area (Å²) in [6, 6.07) is 66.7. The minimum atomic E-state index is -0.156. The summed E-state index contributed by atoms with van der Waals surface area (Å²) in [6.45, 7) is 14.3. The normalized spacial score (nSPS) is 15.4. The van der Waals surface area contributed by atoms with Crippen LogP contribution in [0.4, 0.5) is 0 Å². The first-order valence-electron chi connectivity index (χ1n) is 24.1. The largest absolute Gasteiger partial charge is 0.309 e. The summed E-state index contributed by atoms with van der Waals surface area (Å²) in [5.41, 5.74) is 17.0. The van der Waals surface area contributed by atoms with Crippen LogP contribution in [0.5, 0.6) is 0 Å². The van der Waals surface area contributed by atoms with Gasteiger partial charge in [0.25, 0.3) is 0 Å². The van der Waals surface area contributed by atoms with Gasteiger partial charge in [-0.2, -0.15) is 0 Å². The molecule has 328 valence electrons. The Kier molecular flexibility index (Phi) is 8.74. The Morgan fingerprint density at radius 3 is 1.69 bits per heavy atom. The fourth-order valence-corrected chi connectivity index (χ4v) is 11.7. The van der Waals surface area contributed by atoms with Gasteiger partial charge in [0.2, 0.25) is 0 Å². The quantitative estimate of drug-likeness (QED) is 0.173. The molecule has 0 aliphatic heterocycles. The van der Waals surface area contributed by atoms with Gasteiger partial charge < -0.3 is 4.57 Å². The summed E-state index contributed by atoms with van der Waals surface area (Å²) in [6.07, 6.45) is 2.34. The molecule has 0 unspecified atom stereocenters. The molecule has 0 atom stereocenters. The van der Waals surface area contributed by atoms with Crippen LogP contribution >= 0.6 is 0 Å². The summed E-state index contributed by atoms with van der Waals surface area (Å²) in [5.74, 6) is 1.96. The molecule has 0 radical (unpaired) electrons. The van der Waals surface area contributed by atoms with Gasteiger partial charge in [-0.25, -0.2) is 15.0 Å². The van der Waals surface area contributed by atoms with Crippen LogP contribution in [0.3, 0.4) is 0 Å². The van der Waals surface area contributed by atoms with Crippen molar-refractivity contribution in [3.63, 3.8) is 0 Å². The van der Waals surface area contributed by atoms with E-state index in [1.165, 1.54) is 84.4 Å². The monoisotopic (exact) mass is 876 g/mol. The molecule has 11 aromatic rings. The molecule has 0 amide bonds. The van der Waals surface area contributed by atoms with E-state index >= 15 is 0 Å². The van der Waals surface area contributed by atoms with E-state index in [0.717, 1.165) is 38.7 Å². The van der Waals surface area contributed by atoms with E-state index in [4.69, 9.17) is 15.0 Å². The zero-order valence-electron chi connectivity index (χ0n) is 39.5. The summed E-state index contributed by atoms with van der Waals surface area (Å²) in [7, 11) is 0. The van der Waals surface area contributed by atoms with E-state index in [1.807, 2.05) is 0 Å². The first kappa shape index (κ1) is 40.6. The number of aromatic nitrogens is 4. The highest BCUT2D eigenvalue weighted by molar-refractivity contribution is 6.14. The predicted octanol–water partition coefficient (Wildman–Crippen LogP) is 16.6. The first-order chi connectivity index (χ1) is 32.9. The molecule has 0 bridgehead atoms. The lowest BCUT2D eigenvalue weighted by atomic mass is 9.63. The highest BCUT2D eigenvalue weighted by Crippen LogP contribution is 2.51. The lowest BCUT2D eigenvalue weighted by Gasteiger charge is -2.42. The molecular formula is C64H52N4. The van der Waals surface area contributed by atoms with Crippen LogP contribution in [0.15, 0.2) is 182 Å². The number of hydrogen-bond donors (Lipinski definition) is 0. The number of fused-ring (bicyclic) bond motifs is 9. The third-order valence-electron chi connectivity index (χ3n) is 15.7. The molecule has 0 fully saturated rings. The van der Waals surface area contributed by atoms with E-state index < -0.39 is 0 Å². The van der Waals surface area contributed by atoms with Gasteiger partial charge in [0.15, 0.2) is 17.5 Å². The fraction of sp³-hybridized carbons (Fsp3) is 0.172. The molecule has 68 heavy (non-hydrogen) atoms. The zero-order chi connectivity index (χ0) is 46.1. The highest BCUT2D eigenvalue weighted by atomic mass is 15.0. The molecule has 2 aromatic heterocycles. The van der Waals surface area contributed by atoms with E-state index in [2.05, 4.69) is 228 Å². The molecular weight excluding hydrogens is 825 g/mol. The topological polar surface area (TPSA) is 43.6 Å². The van der Waals surface area contributed by atoms with E-state index in [9.17, 15) is 0 Å². The molecule has 0 saturated heterocycles. The zero-order valence-corrected chi connectivity index (χ0v) is 39.5. The van der Waals surface area contributed by atoms with E-state index in [1.54, 1.807) is 0 Å². The Balaban J connectivity index is 0.990. The Morgan fingerprint density at radius 1 is 0.353 bits per heavy atom. The second-order valence-corrected chi connectivity index (χ2v) is 21.1. The van der Waals surface area contributed by atoms with Gasteiger partial charge in [-0.15, -0.1) is 0 Å². The van der Waals surface area contributed by atoms with Crippen molar-refractivity contribution in [2.75, 3.05) is 0 Å². The summed E-state index contributed by atoms with van der Waals surface area (Å²) in [5, 5.41) is 7.32. The highest BCUT2D eigenvalue weighted by Gasteiger charge is 2.38. The Morgan fingerprint density at radius 2 is 0.912 bits per heavy atom. The number of nitrogens with zero attached hydrogens (tertiary/aromatic N) is 4. The lowest BCUT2D eigenvalue weighted by Crippen LogP contribution is -2.33. The van der Waals surface area contributed by atoms with Crippen LogP contribution in [0, 0.1) is 0 Å². The summed E-state index contributed by atoms with van der Waals surface area (Å²) >= 11 is 0. The van der Waals surface area contributed by atoms with E-state index in [-0.39, 0.29) is 16.2 Å². The molecule has 0 N–H and O–H groups in total. The maximum Gasteiger partial charge on any atom is 0.164 e. The summed E-state index contributed by atoms with van der Waals surface area (Å²) in [4.78, 5) is 15.9. The van der Waals surface area contributed by atoms with Gasteiger partial charge in [0.05, 0.1) is 11.0 Å². The molecule has 4 heteroatoms. The first-order valence-corrected chi connectivity index (χ1v) is 24.1. The molecule has 13 rings (SSSR count). The number of rotatable bonds is 5. The molecule has 2 aliphatic carbocycles. The van der Waals surface area contributed by atoms with Gasteiger partial charge in [0.1, 0.15) is 0 Å². The SMILES string of the molecule is CC1(C)CCC(C)(C)c2cc3c(cc21)c1cc2ccccc2cc1n3-c1ccc2c(-c3nc(-c4ccc(-c5ccccc5)cc4)nc(-c4ccc5c(c4)C(C)(C)c4ccccc4-5)n3)cccc2c1.